The van der Waals surface area contributed by atoms with Gasteiger partial charge < -0.3 is 10.6 Å². The van der Waals surface area contributed by atoms with Crippen molar-refractivity contribution >= 4 is 57.8 Å². The van der Waals surface area contributed by atoms with Crippen molar-refractivity contribution < 1.29 is 0 Å². The molecule has 0 saturated heterocycles. The van der Waals surface area contributed by atoms with Crippen molar-refractivity contribution in [1.29, 1.82) is 0 Å². The summed E-state index contributed by atoms with van der Waals surface area (Å²) in [6.07, 6.45) is 0. The summed E-state index contributed by atoms with van der Waals surface area (Å²) in [5, 5.41) is 7.58. The number of nitrogens with zero attached hydrogens (tertiary/aromatic N) is 3. The van der Waals surface area contributed by atoms with Crippen molar-refractivity contribution in [2.45, 2.75) is 13.8 Å². The molecule has 0 amide bonds. The van der Waals surface area contributed by atoms with Gasteiger partial charge in [0.25, 0.3) is 0 Å². The summed E-state index contributed by atoms with van der Waals surface area (Å²) in [5.74, 6) is 0.682. The fourth-order valence-corrected chi connectivity index (χ4v) is 4.12. The number of hydrogen-bond acceptors (Lipinski definition) is 4. The van der Waals surface area contributed by atoms with Gasteiger partial charge in [0, 0.05) is 27.9 Å². The van der Waals surface area contributed by atoms with Crippen LogP contribution in [0.1, 0.15) is 11.1 Å². The highest BCUT2D eigenvalue weighted by molar-refractivity contribution is 7.80. The van der Waals surface area contributed by atoms with Crippen molar-refractivity contribution in [2.75, 3.05) is 10.6 Å². The van der Waals surface area contributed by atoms with Crippen molar-refractivity contribution in [1.82, 2.24) is 8.94 Å². The topological polar surface area (TPSA) is 54.2 Å². The third-order valence-corrected chi connectivity index (χ3v) is 5.80. The Kier molecular flexibility index (Phi) is 6.46. The molecule has 1 aromatic heterocycles. The van der Waals surface area contributed by atoms with Crippen molar-refractivity contribution in [2.24, 2.45) is 4.99 Å². The van der Waals surface area contributed by atoms with Gasteiger partial charge in [-0.3, -0.25) is 4.57 Å². The van der Waals surface area contributed by atoms with E-state index < -0.39 is 0 Å². The van der Waals surface area contributed by atoms with Gasteiger partial charge in [-0.15, -0.1) is 0 Å². The molecule has 0 aliphatic heterocycles. The highest BCUT2D eigenvalue weighted by Gasteiger charge is 2.13. The van der Waals surface area contributed by atoms with Crippen molar-refractivity contribution in [3.05, 3.63) is 93.7 Å². The number of benzene rings is 3. The molecular weight excluding hydrogens is 446 g/mol. The number of hydrogen-bond donors (Lipinski definition) is 2. The number of anilines is 3. The number of aryl methyl sites for hydroxylation is 2. The standard InChI is InChI=1S/C23H20ClN5S2/c1-15-7-3-5-9-19(15)26-21-28-31-23(29(21)20-10-6-4-8-16(20)2)27-22(30)25-18-13-11-17(24)12-14-18/h3-14H,1-2H3,(H,25,30)(H,26,28)/b27-23-. The molecule has 0 aliphatic rings. The average Bonchev–Trinajstić information content (AvgIpc) is 3.13. The second kappa shape index (κ2) is 9.43. The average molecular weight is 466 g/mol. The molecule has 0 spiro atoms. The van der Waals surface area contributed by atoms with E-state index >= 15 is 0 Å². The minimum atomic E-state index is 0.343. The van der Waals surface area contributed by atoms with E-state index in [9.17, 15) is 0 Å². The number of para-hydroxylation sites is 2. The molecule has 1 heterocycles. The van der Waals surface area contributed by atoms with E-state index in [1.165, 1.54) is 11.5 Å². The lowest BCUT2D eigenvalue weighted by molar-refractivity contribution is 0.988. The number of aromatic nitrogens is 2. The van der Waals surface area contributed by atoms with E-state index in [4.69, 9.17) is 23.8 Å². The Labute approximate surface area is 195 Å². The van der Waals surface area contributed by atoms with Gasteiger partial charge in [-0.2, -0.15) is 9.37 Å². The van der Waals surface area contributed by atoms with Crippen LogP contribution in [0.5, 0.6) is 0 Å². The lowest BCUT2D eigenvalue weighted by Crippen LogP contribution is -2.19. The van der Waals surface area contributed by atoms with Gasteiger partial charge >= 0.3 is 0 Å². The van der Waals surface area contributed by atoms with E-state index in [0.717, 1.165) is 28.2 Å². The summed E-state index contributed by atoms with van der Waals surface area (Å²) >= 11 is 12.7. The molecule has 0 saturated carbocycles. The molecule has 0 atom stereocenters. The lowest BCUT2D eigenvalue weighted by Gasteiger charge is -2.13. The largest absolute Gasteiger partial charge is 0.331 e. The van der Waals surface area contributed by atoms with Gasteiger partial charge in [0.05, 0.1) is 5.69 Å². The van der Waals surface area contributed by atoms with Gasteiger partial charge in [-0.1, -0.05) is 48.0 Å². The minimum Gasteiger partial charge on any atom is -0.331 e. The summed E-state index contributed by atoms with van der Waals surface area (Å²) in [6.45, 7) is 4.12. The Hall–Kier alpha value is -3.00. The van der Waals surface area contributed by atoms with Crippen LogP contribution < -0.4 is 15.4 Å². The van der Waals surface area contributed by atoms with Crippen LogP contribution in [-0.2, 0) is 0 Å². The quantitative estimate of drug-likeness (QED) is 0.350. The first kappa shape index (κ1) is 21.2. The van der Waals surface area contributed by atoms with Gasteiger partial charge in [-0.05, 0) is 73.6 Å². The fraction of sp³-hybridized carbons (Fsp3) is 0.0870. The molecule has 0 radical (unpaired) electrons. The summed E-state index contributed by atoms with van der Waals surface area (Å²) < 4.78 is 6.63. The SMILES string of the molecule is Cc1ccccc1Nc1ns/c(=N\C(=S)Nc2ccc(Cl)cc2)n1-c1ccccc1C. The summed E-state index contributed by atoms with van der Waals surface area (Å²) in [4.78, 5) is 5.31. The normalized spacial score (nSPS) is 11.4. The number of nitrogens with one attached hydrogen (secondary N) is 2. The van der Waals surface area contributed by atoms with E-state index in [1.807, 2.05) is 53.1 Å². The van der Waals surface area contributed by atoms with Crippen LogP contribution in [0.3, 0.4) is 0 Å². The van der Waals surface area contributed by atoms with Crippen LogP contribution >= 0.6 is 35.4 Å². The van der Waals surface area contributed by atoms with E-state index in [-0.39, 0.29) is 0 Å². The Balaban J connectivity index is 1.75. The van der Waals surface area contributed by atoms with Gasteiger partial charge in [0.15, 0.2) is 5.11 Å². The van der Waals surface area contributed by atoms with Crippen molar-refractivity contribution in [3.63, 3.8) is 0 Å². The molecule has 4 rings (SSSR count). The van der Waals surface area contributed by atoms with E-state index in [2.05, 4.69) is 46.0 Å². The summed E-state index contributed by atoms with van der Waals surface area (Å²) in [7, 11) is 0. The van der Waals surface area contributed by atoms with Gasteiger partial charge in [0.2, 0.25) is 10.7 Å². The molecule has 3 aromatic carbocycles. The predicted octanol–water partition coefficient (Wildman–Crippen LogP) is 6.25. The van der Waals surface area contributed by atoms with Crippen molar-refractivity contribution in [3.8, 4) is 5.69 Å². The Morgan fingerprint density at radius 2 is 1.65 bits per heavy atom. The second-order valence-corrected chi connectivity index (χ2v) is 8.45. The lowest BCUT2D eigenvalue weighted by atomic mass is 10.2. The smallest absolute Gasteiger partial charge is 0.225 e. The molecular formula is C23H20ClN5S2. The van der Waals surface area contributed by atoms with E-state index in [0.29, 0.717) is 20.9 Å². The number of halogens is 1. The second-order valence-electron chi connectivity index (χ2n) is 6.90. The number of rotatable bonds is 4. The van der Waals surface area contributed by atoms with Crippen LogP contribution in [0.4, 0.5) is 17.3 Å². The molecule has 0 aliphatic carbocycles. The zero-order valence-electron chi connectivity index (χ0n) is 17.0. The molecule has 31 heavy (non-hydrogen) atoms. The monoisotopic (exact) mass is 465 g/mol. The van der Waals surface area contributed by atoms with Crippen LogP contribution in [0.25, 0.3) is 5.69 Å². The minimum absolute atomic E-state index is 0.343. The maximum absolute atomic E-state index is 5.96. The van der Waals surface area contributed by atoms with Crippen LogP contribution in [0.2, 0.25) is 5.02 Å². The highest BCUT2D eigenvalue weighted by Crippen LogP contribution is 2.22. The first-order valence-electron chi connectivity index (χ1n) is 9.60. The predicted molar refractivity (Wildman–Crippen MR) is 134 cm³/mol. The molecule has 5 nitrogen and oxygen atoms in total. The first-order chi connectivity index (χ1) is 15.0. The summed E-state index contributed by atoms with van der Waals surface area (Å²) in [5.41, 5.74) is 5.03. The first-order valence-corrected chi connectivity index (χ1v) is 11.2. The van der Waals surface area contributed by atoms with Crippen LogP contribution in [0.15, 0.2) is 77.8 Å². The molecule has 8 heteroatoms. The zero-order chi connectivity index (χ0) is 21.8. The fourth-order valence-electron chi connectivity index (χ4n) is 3.04. The molecule has 0 unspecified atom stereocenters. The zero-order valence-corrected chi connectivity index (χ0v) is 19.4. The molecule has 0 bridgehead atoms. The Morgan fingerprint density at radius 1 is 0.968 bits per heavy atom. The maximum atomic E-state index is 5.96. The molecule has 2 N–H and O–H groups in total. The van der Waals surface area contributed by atoms with E-state index in [1.54, 1.807) is 12.1 Å². The maximum Gasteiger partial charge on any atom is 0.225 e. The molecule has 0 fully saturated rings. The summed E-state index contributed by atoms with van der Waals surface area (Å²) in [6, 6.07) is 23.5. The Bertz CT molecular complexity index is 1290. The third kappa shape index (κ3) is 5.02. The van der Waals surface area contributed by atoms with Gasteiger partial charge in [-0.25, -0.2) is 0 Å². The third-order valence-electron chi connectivity index (χ3n) is 4.66. The highest BCUT2D eigenvalue weighted by atomic mass is 35.5. The number of thiocarbonyl (C=S) groups is 1. The Morgan fingerprint density at radius 3 is 2.35 bits per heavy atom. The van der Waals surface area contributed by atoms with Crippen LogP contribution in [0, 0.1) is 13.8 Å². The van der Waals surface area contributed by atoms with Crippen LogP contribution in [-0.4, -0.2) is 14.1 Å². The molecule has 156 valence electrons. The van der Waals surface area contributed by atoms with Gasteiger partial charge in [0.1, 0.15) is 0 Å². The molecule has 4 aromatic rings.